The monoisotopic (exact) mass is 386 g/mol. The van der Waals surface area contributed by atoms with Crippen LogP contribution in [0.4, 0.5) is 0 Å². The Morgan fingerprint density at radius 2 is 2.00 bits per heavy atom. The Labute approximate surface area is 161 Å². The lowest BCUT2D eigenvalue weighted by atomic mass is 10.1. The maximum atomic E-state index is 12.2. The van der Waals surface area contributed by atoms with Crippen LogP contribution in [0.15, 0.2) is 47.8 Å². The highest BCUT2D eigenvalue weighted by Crippen LogP contribution is 2.23. The lowest BCUT2D eigenvalue weighted by molar-refractivity contribution is -0.120. The number of halogens is 1. The van der Waals surface area contributed by atoms with Crippen LogP contribution >= 0.6 is 22.9 Å². The number of nitrogens with zero attached hydrogens (tertiary/aromatic N) is 1. The van der Waals surface area contributed by atoms with Gasteiger partial charge in [-0.15, -0.1) is 11.3 Å². The first-order chi connectivity index (χ1) is 12.5. The van der Waals surface area contributed by atoms with Crippen LogP contribution < -0.4 is 10.1 Å². The van der Waals surface area contributed by atoms with Crippen molar-refractivity contribution in [1.82, 2.24) is 10.3 Å². The minimum Gasteiger partial charge on any atom is -0.496 e. The van der Waals surface area contributed by atoms with E-state index in [4.69, 9.17) is 16.3 Å². The summed E-state index contributed by atoms with van der Waals surface area (Å²) in [6, 6.07) is 13.3. The van der Waals surface area contributed by atoms with E-state index in [1.54, 1.807) is 36.6 Å². The number of hydrogen-bond donors (Lipinski definition) is 1. The van der Waals surface area contributed by atoms with E-state index in [0.29, 0.717) is 23.7 Å². The lowest BCUT2D eigenvalue weighted by Gasteiger charge is -2.10. The fraction of sp³-hybridized carbons (Fsp3) is 0.200. The summed E-state index contributed by atoms with van der Waals surface area (Å²) in [5.74, 6) is 0.655. The van der Waals surface area contributed by atoms with Crippen molar-refractivity contribution >= 4 is 28.8 Å². The first kappa shape index (κ1) is 18.4. The molecule has 1 N–H and O–H groups in total. The van der Waals surface area contributed by atoms with Gasteiger partial charge in [0.2, 0.25) is 5.91 Å². The molecular weight excluding hydrogens is 368 g/mol. The average Bonchev–Trinajstić information content (AvgIpc) is 3.07. The maximum Gasteiger partial charge on any atom is 0.224 e. The number of amides is 1. The highest BCUT2D eigenvalue weighted by molar-refractivity contribution is 7.09. The molecule has 134 valence electrons. The zero-order valence-electron chi connectivity index (χ0n) is 14.6. The Kier molecular flexibility index (Phi) is 5.91. The zero-order chi connectivity index (χ0) is 18.5. The van der Waals surface area contributed by atoms with Gasteiger partial charge in [-0.1, -0.05) is 35.9 Å². The summed E-state index contributed by atoms with van der Waals surface area (Å²) in [6.45, 7) is 2.36. The minimum atomic E-state index is -0.0516. The van der Waals surface area contributed by atoms with Crippen molar-refractivity contribution in [3.8, 4) is 17.0 Å². The maximum absolute atomic E-state index is 12.2. The Bertz CT molecular complexity index is 906. The fourth-order valence-corrected chi connectivity index (χ4v) is 3.43. The summed E-state index contributed by atoms with van der Waals surface area (Å²) in [4.78, 5) is 16.7. The Morgan fingerprint density at radius 3 is 2.65 bits per heavy atom. The van der Waals surface area contributed by atoms with Gasteiger partial charge in [-0.3, -0.25) is 4.79 Å². The Morgan fingerprint density at radius 1 is 1.23 bits per heavy atom. The van der Waals surface area contributed by atoms with Crippen LogP contribution in [0.3, 0.4) is 0 Å². The van der Waals surface area contributed by atoms with E-state index in [0.717, 1.165) is 27.4 Å². The fourth-order valence-electron chi connectivity index (χ4n) is 2.62. The summed E-state index contributed by atoms with van der Waals surface area (Å²) in [5, 5.41) is 6.60. The topological polar surface area (TPSA) is 51.2 Å². The van der Waals surface area contributed by atoms with E-state index in [1.807, 2.05) is 36.6 Å². The quantitative estimate of drug-likeness (QED) is 0.671. The molecule has 3 aromatic rings. The number of methoxy groups -OCH3 is 1. The van der Waals surface area contributed by atoms with Crippen molar-refractivity contribution in [3.63, 3.8) is 0 Å². The van der Waals surface area contributed by atoms with E-state index < -0.39 is 0 Å². The highest BCUT2D eigenvalue weighted by Gasteiger charge is 2.08. The van der Waals surface area contributed by atoms with Gasteiger partial charge in [0.05, 0.1) is 24.2 Å². The number of carbonyl (C=O) groups is 1. The largest absolute Gasteiger partial charge is 0.496 e. The summed E-state index contributed by atoms with van der Waals surface area (Å²) < 4.78 is 5.29. The molecule has 6 heteroatoms. The van der Waals surface area contributed by atoms with Crippen molar-refractivity contribution in [1.29, 1.82) is 0 Å². The molecule has 0 atom stereocenters. The third-order valence-corrected chi connectivity index (χ3v) is 4.96. The molecule has 0 radical (unpaired) electrons. The molecule has 0 aliphatic heterocycles. The number of rotatable bonds is 6. The highest BCUT2D eigenvalue weighted by atomic mass is 35.5. The average molecular weight is 387 g/mol. The number of ether oxygens (including phenoxy) is 1. The van der Waals surface area contributed by atoms with Gasteiger partial charge < -0.3 is 10.1 Å². The predicted molar refractivity (Wildman–Crippen MR) is 106 cm³/mol. The second kappa shape index (κ2) is 8.34. The first-order valence-electron chi connectivity index (χ1n) is 8.15. The predicted octanol–water partition coefficient (Wildman–Crippen LogP) is 4.64. The number of benzene rings is 2. The van der Waals surface area contributed by atoms with Gasteiger partial charge in [0.25, 0.3) is 0 Å². The van der Waals surface area contributed by atoms with Gasteiger partial charge in [0, 0.05) is 28.1 Å². The molecule has 0 aliphatic carbocycles. The van der Waals surface area contributed by atoms with Crippen molar-refractivity contribution in [3.05, 3.63) is 69.0 Å². The molecule has 3 rings (SSSR count). The third kappa shape index (κ3) is 4.62. The number of carbonyl (C=O) groups excluding carboxylic acids is 1. The SMILES string of the molecule is COc1ccc(Cl)cc1CNC(=O)Cc1ccc(-c2csc(C)n2)cc1. The molecule has 26 heavy (non-hydrogen) atoms. The molecular formula is C20H19ClN2O2S. The first-order valence-corrected chi connectivity index (χ1v) is 9.41. The number of thiazole rings is 1. The number of aryl methyl sites for hydroxylation is 1. The summed E-state index contributed by atoms with van der Waals surface area (Å²) in [7, 11) is 1.60. The molecule has 0 fully saturated rings. The van der Waals surface area contributed by atoms with E-state index in [1.165, 1.54) is 0 Å². The summed E-state index contributed by atoms with van der Waals surface area (Å²) >= 11 is 7.64. The van der Waals surface area contributed by atoms with Crippen LogP contribution in [0.5, 0.6) is 5.75 Å². The molecule has 1 aromatic heterocycles. The van der Waals surface area contributed by atoms with E-state index in [2.05, 4.69) is 10.3 Å². The smallest absolute Gasteiger partial charge is 0.224 e. The molecule has 0 saturated carbocycles. The van der Waals surface area contributed by atoms with Gasteiger partial charge in [-0.2, -0.15) is 0 Å². The molecule has 4 nitrogen and oxygen atoms in total. The number of aromatic nitrogens is 1. The van der Waals surface area contributed by atoms with Crippen molar-refractivity contribution in [2.45, 2.75) is 19.9 Å². The third-order valence-electron chi connectivity index (χ3n) is 3.95. The van der Waals surface area contributed by atoms with E-state index in [9.17, 15) is 4.79 Å². The van der Waals surface area contributed by atoms with Crippen molar-refractivity contribution in [2.75, 3.05) is 7.11 Å². The van der Waals surface area contributed by atoms with E-state index >= 15 is 0 Å². The van der Waals surface area contributed by atoms with Gasteiger partial charge in [-0.25, -0.2) is 4.98 Å². The molecule has 1 heterocycles. The van der Waals surface area contributed by atoms with Crippen molar-refractivity contribution < 1.29 is 9.53 Å². The van der Waals surface area contributed by atoms with Crippen molar-refractivity contribution in [2.24, 2.45) is 0 Å². The molecule has 0 spiro atoms. The van der Waals surface area contributed by atoms with Crippen LogP contribution in [-0.2, 0) is 17.8 Å². The zero-order valence-corrected chi connectivity index (χ0v) is 16.2. The van der Waals surface area contributed by atoms with Crippen LogP contribution in [0, 0.1) is 6.92 Å². The molecule has 0 bridgehead atoms. The molecule has 0 aliphatic rings. The summed E-state index contributed by atoms with van der Waals surface area (Å²) in [6.07, 6.45) is 0.319. The molecule has 1 amide bonds. The number of hydrogen-bond acceptors (Lipinski definition) is 4. The molecule has 2 aromatic carbocycles. The van der Waals surface area contributed by atoms with Gasteiger partial charge in [-0.05, 0) is 30.7 Å². The Balaban J connectivity index is 1.59. The van der Waals surface area contributed by atoms with Crippen LogP contribution in [0.25, 0.3) is 11.3 Å². The Hall–Kier alpha value is -2.37. The van der Waals surface area contributed by atoms with Gasteiger partial charge in [0.1, 0.15) is 5.75 Å². The minimum absolute atomic E-state index is 0.0516. The lowest BCUT2D eigenvalue weighted by Crippen LogP contribution is -2.24. The van der Waals surface area contributed by atoms with Crippen LogP contribution in [0.2, 0.25) is 5.02 Å². The second-order valence-corrected chi connectivity index (χ2v) is 7.36. The standard InChI is InChI=1S/C20H19ClN2O2S/c1-13-23-18(12-26-13)15-5-3-14(4-6-15)9-20(24)22-11-16-10-17(21)7-8-19(16)25-2/h3-8,10,12H,9,11H2,1-2H3,(H,22,24). The molecule has 0 unspecified atom stereocenters. The van der Waals surface area contributed by atoms with Gasteiger partial charge in [0.15, 0.2) is 0 Å². The van der Waals surface area contributed by atoms with Crippen LogP contribution in [-0.4, -0.2) is 18.0 Å². The van der Waals surface area contributed by atoms with Gasteiger partial charge >= 0.3 is 0 Å². The number of nitrogens with one attached hydrogen (secondary N) is 1. The van der Waals surface area contributed by atoms with E-state index in [-0.39, 0.29) is 5.91 Å². The van der Waals surface area contributed by atoms with Crippen LogP contribution in [0.1, 0.15) is 16.1 Å². The second-order valence-electron chi connectivity index (χ2n) is 5.86. The normalized spacial score (nSPS) is 10.6. The molecule has 0 saturated heterocycles. The summed E-state index contributed by atoms with van der Waals surface area (Å²) in [5.41, 5.74) is 3.83.